The first-order valence-electron chi connectivity index (χ1n) is 22.6. The van der Waals surface area contributed by atoms with Crippen LogP contribution in [0.3, 0.4) is 0 Å². The van der Waals surface area contributed by atoms with Crippen molar-refractivity contribution in [1.29, 1.82) is 0 Å². The highest BCUT2D eigenvalue weighted by molar-refractivity contribution is 6.37. The second-order valence-corrected chi connectivity index (χ2v) is 17.3. The van der Waals surface area contributed by atoms with Gasteiger partial charge in [-0.2, -0.15) is 0 Å². The molecule has 0 amide bonds. The van der Waals surface area contributed by atoms with E-state index in [1.54, 1.807) is 0 Å². The molecule has 0 fully saturated rings. The van der Waals surface area contributed by atoms with Gasteiger partial charge in [0, 0.05) is 49.0 Å². The van der Waals surface area contributed by atoms with Crippen molar-refractivity contribution in [1.82, 2.24) is 19.1 Å². The van der Waals surface area contributed by atoms with Crippen molar-refractivity contribution in [3.05, 3.63) is 231 Å². The summed E-state index contributed by atoms with van der Waals surface area (Å²) in [5.74, 6) is 0.642. The highest BCUT2D eigenvalue weighted by Gasteiger charge is 2.24. The SMILES string of the molecule is c1ccc(-c2ccc(-c3nc(-n4c5ccc(-c6ccc7c(c6)c6ccccc6n7-c6ccccc6)cc5c5c6c7ccccc7ccc6c6ccccc6c54)nc4ccccc34)cc2)cc1. The lowest BCUT2D eigenvalue weighted by molar-refractivity contribution is 1.02. The zero-order chi connectivity index (χ0) is 43.3. The average molecular weight is 839 g/mol. The van der Waals surface area contributed by atoms with Crippen molar-refractivity contribution in [3.8, 4) is 45.1 Å². The molecule has 11 aromatic carbocycles. The number of aromatic nitrogens is 4. The van der Waals surface area contributed by atoms with Crippen molar-refractivity contribution >= 4 is 86.8 Å². The van der Waals surface area contributed by atoms with E-state index in [1.165, 1.54) is 70.8 Å². The Morgan fingerprint density at radius 1 is 0.288 bits per heavy atom. The number of nitrogens with zero attached hydrogens (tertiary/aromatic N) is 4. The van der Waals surface area contributed by atoms with Crippen LogP contribution in [0.15, 0.2) is 231 Å². The lowest BCUT2D eigenvalue weighted by Gasteiger charge is -2.14. The molecule has 3 aromatic heterocycles. The molecule has 306 valence electrons. The van der Waals surface area contributed by atoms with E-state index in [1.807, 2.05) is 0 Å². The Kier molecular flexibility index (Phi) is 7.95. The van der Waals surface area contributed by atoms with Crippen LogP contribution in [-0.2, 0) is 0 Å². The van der Waals surface area contributed by atoms with Gasteiger partial charge in [0.05, 0.1) is 33.3 Å². The molecular formula is C62H38N4. The smallest absolute Gasteiger partial charge is 0.235 e. The van der Waals surface area contributed by atoms with Crippen LogP contribution >= 0.6 is 0 Å². The number of hydrogen-bond acceptors (Lipinski definition) is 2. The summed E-state index contributed by atoms with van der Waals surface area (Å²) in [7, 11) is 0. The van der Waals surface area contributed by atoms with E-state index in [0.29, 0.717) is 5.95 Å². The second-order valence-electron chi connectivity index (χ2n) is 17.3. The van der Waals surface area contributed by atoms with Crippen molar-refractivity contribution in [2.45, 2.75) is 0 Å². The number of para-hydroxylation sites is 3. The van der Waals surface area contributed by atoms with E-state index >= 15 is 0 Å². The summed E-state index contributed by atoms with van der Waals surface area (Å²) < 4.78 is 4.71. The molecule has 0 aliphatic carbocycles. The Morgan fingerprint density at radius 2 is 0.848 bits per heavy atom. The molecule has 0 saturated carbocycles. The molecule has 0 aliphatic heterocycles. The lowest BCUT2D eigenvalue weighted by atomic mass is 9.92. The molecular weight excluding hydrogens is 801 g/mol. The van der Waals surface area contributed by atoms with Gasteiger partial charge >= 0.3 is 0 Å². The average Bonchev–Trinajstić information content (AvgIpc) is 3.91. The van der Waals surface area contributed by atoms with Gasteiger partial charge < -0.3 is 4.57 Å². The quantitative estimate of drug-likeness (QED) is 0.162. The third kappa shape index (κ3) is 5.45. The van der Waals surface area contributed by atoms with Crippen LogP contribution in [0, 0.1) is 0 Å². The van der Waals surface area contributed by atoms with Crippen LogP contribution in [0.1, 0.15) is 0 Å². The van der Waals surface area contributed by atoms with Crippen LogP contribution in [0.5, 0.6) is 0 Å². The van der Waals surface area contributed by atoms with Gasteiger partial charge in [-0.25, -0.2) is 9.97 Å². The highest BCUT2D eigenvalue weighted by Crippen LogP contribution is 2.46. The van der Waals surface area contributed by atoms with Crippen LogP contribution < -0.4 is 0 Å². The molecule has 0 atom stereocenters. The molecule has 0 spiro atoms. The first kappa shape index (κ1) is 36.6. The topological polar surface area (TPSA) is 35.6 Å². The van der Waals surface area contributed by atoms with Crippen molar-refractivity contribution in [2.75, 3.05) is 0 Å². The minimum Gasteiger partial charge on any atom is -0.309 e. The fourth-order valence-corrected chi connectivity index (χ4v) is 10.7. The molecule has 4 heteroatoms. The van der Waals surface area contributed by atoms with Crippen LogP contribution in [-0.4, -0.2) is 19.1 Å². The summed E-state index contributed by atoms with van der Waals surface area (Å²) in [6.07, 6.45) is 0. The molecule has 14 aromatic rings. The molecule has 0 aliphatic rings. The lowest BCUT2D eigenvalue weighted by Crippen LogP contribution is -2.04. The highest BCUT2D eigenvalue weighted by atomic mass is 15.2. The van der Waals surface area contributed by atoms with E-state index in [-0.39, 0.29) is 0 Å². The van der Waals surface area contributed by atoms with Gasteiger partial charge in [0.2, 0.25) is 5.95 Å². The van der Waals surface area contributed by atoms with Gasteiger partial charge in [-0.15, -0.1) is 0 Å². The van der Waals surface area contributed by atoms with Crippen molar-refractivity contribution < 1.29 is 0 Å². The van der Waals surface area contributed by atoms with Gasteiger partial charge in [0.1, 0.15) is 0 Å². The monoisotopic (exact) mass is 838 g/mol. The largest absolute Gasteiger partial charge is 0.309 e. The molecule has 0 saturated heterocycles. The van der Waals surface area contributed by atoms with Gasteiger partial charge in [-0.3, -0.25) is 4.57 Å². The Labute approximate surface area is 379 Å². The zero-order valence-corrected chi connectivity index (χ0v) is 35.7. The standard InChI is InChI=1S/C62H38N4/c1-3-15-39(16-4-1)40-27-29-42(30-28-40)60-51-24-11-13-25-54(51)63-62(64-60)66-57-36-33-44(43-32-35-56-52(37-43)48-22-12-14-26-55(48)65(56)45-18-5-2-6-19-45)38-53(57)59-58-46-20-8-7-17-41(46)31-34-49(58)47-21-9-10-23-50(47)61(59)66/h1-38H. The summed E-state index contributed by atoms with van der Waals surface area (Å²) in [4.78, 5) is 11.0. The minimum absolute atomic E-state index is 0.642. The van der Waals surface area contributed by atoms with Gasteiger partial charge in [-0.05, 0) is 92.3 Å². The number of fused-ring (bicyclic) bond motifs is 14. The first-order valence-corrected chi connectivity index (χ1v) is 22.6. The maximum Gasteiger partial charge on any atom is 0.235 e. The van der Waals surface area contributed by atoms with Crippen LogP contribution in [0.4, 0.5) is 0 Å². The van der Waals surface area contributed by atoms with E-state index < -0.39 is 0 Å². The molecule has 66 heavy (non-hydrogen) atoms. The molecule has 0 unspecified atom stereocenters. The predicted octanol–water partition coefficient (Wildman–Crippen LogP) is 16.3. The molecule has 3 heterocycles. The number of hydrogen-bond donors (Lipinski definition) is 0. The Hall–Kier alpha value is -8.86. The van der Waals surface area contributed by atoms with Crippen LogP contribution in [0.25, 0.3) is 132 Å². The summed E-state index contributed by atoms with van der Waals surface area (Å²) in [5, 5.41) is 13.1. The summed E-state index contributed by atoms with van der Waals surface area (Å²) in [5.41, 5.74) is 13.2. The van der Waals surface area contributed by atoms with Crippen molar-refractivity contribution in [2.24, 2.45) is 0 Å². The molecule has 0 radical (unpaired) electrons. The maximum absolute atomic E-state index is 5.59. The number of benzene rings is 11. The third-order valence-corrected chi connectivity index (χ3v) is 13.7. The normalized spacial score (nSPS) is 11.9. The first-order chi connectivity index (χ1) is 32.7. The van der Waals surface area contributed by atoms with Crippen LogP contribution in [0.2, 0.25) is 0 Å². The second kappa shape index (κ2) is 14.3. The molecule has 0 bridgehead atoms. The molecule has 0 N–H and O–H groups in total. The molecule has 14 rings (SSSR count). The predicted molar refractivity (Wildman–Crippen MR) is 277 cm³/mol. The van der Waals surface area contributed by atoms with E-state index in [4.69, 9.17) is 9.97 Å². The third-order valence-electron chi connectivity index (χ3n) is 13.7. The van der Waals surface area contributed by atoms with E-state index in [0.717, 1.165) is 55.2 Å². The van der Waals surface area contributed by atoms with Crippen molar-refractivity contribution in [3.63, 3.8) is 0 Å². The maximum atomic E-state index is 5.59. The van der Waals surface area contributed by atoms with Gasteiger partial charge in [0.25, 0.3) is 0 Å². The van der Waals surface area contributed by atoms with E-state index in [2.05, 4.69) is 240 Å². The Balaban J connectivity index is 1.07. The summed E-state index contributed by atoms with van der Waals surface area (Å²) in [6.45, 7) is 0. The Bertz CT molecular complexity index is 4260. The Morgan fingerprint density at radius 3 is 1.64 bits per heavy atom. The fraction of sp³-hybridized carbons (Fsp3) is 0. The fourth-order valence-electron chi connectivity index (χ4n) is 10.7. The summed E-state index contributed by atoms with van der Waals surface area (Å²) in [6, 6.07) is 83.3. The van der Waals surface area contributed by atoms with Gasteiger partial charge in [0.15, 0.2) is 0 Å². The van der Waals surface area contributed by atoms with E-state index in [9.17, 15) is 0 Å². The van der Waals surface area contributed by atoms with Gasteiger partial charge in [-0.1, -0.05) is 182 Å². The molecule has 4 nitrogen and oxygen atoms in total. The zero-order valence-electron chi connectivity index (χ0n) is 35.7. The minimum atomic E-state index is 0.642. The number of rotatable bonds is 5. The summed E-state index contributed by atoms with van der Waals surface area (Å²) >= 11 is 0.